The first-order chi connectivity index (χ1) is 20.4. The molecular formula is C31H28ClN7O3. The van der Waals surface area contributed by atoms with Crippen molar-refractivity contribution in [3.05, 3.63) is 101 Å². The molecule has 1 saturated heterocycles. The van der Waals surface area contributed by atoms with E-state index in [-0.39, 0.29) is 17.9 Å². The number of halogens is 1. The number of aryl methyl sites for hydroxylation is 1. The molecule has 42 heavy (non-hydrogen) atoms. The van der Waals surface area contributed by atoms with Crippen LogP contribution in [0, 0.1) is 6.92 Å². The van der Waals surface area contributed by atoms with Gasteiger partial charge in [-0.05, 0) is 86.0 Å². The molecule has 0 bridgehead atoms. The summed E-state index contributed by atoms with van der Waals surface area (Å²) < 4.78 is 6.22. The van der Waals surface area contributed by atoms with Gasteiger partial charge in [-0.1, -0.05) is 11.6 Å². The fourth-order valence-electron chi connectivity index (χ4n) is 4.95. The summed E-state index contributed by atoms with van der Waals surface area (Å²) in [6, 6.07) is 19.3. The summed E-state index contributed by atoms with van der Waals surface area (Å²) in [5, 5.41) is 15.0. The van der Waals surface area contributed by atoms with Crippen molar-refractivity contribution in [1.82, 2.24) is 25.1 Å². The normalized spacial score (nSPS) is 14.9. The molecule has 1 aliphatic heterocycles. The zero-order valence-electron chi connectivity index (χ0n) is 22.8. The van der Waals surface area contributed by atoms with Crippen molar-refractivity contribution in [2.45, 2.75) is 25.8 Å². The summed E-state index contributed by atoms with van der Waals surface area (Å²) in [4.78, 5) is 36.2. The quantitative estimate of drug-likeness (QED) is 0.213. The van der Waals surface area contributed by atoms with Crippen molar-refractivity contribution >= 4 is 46.1 Å². The maximum absolute atomic E-state index is 13.1. The molecule has 0 unspecified atom stereocenters. The van der Waals surface area contributed by atoms with E-state index < -0.39 is 0 Å². The highest BCUT2D eigenvalue weighted by atomic mass is 35.5. The van der Waals surface area contributed by atoms with Gasteiger partial charge in [-0.25, -0.2) is 9.97 Å². The standard InChI is InChI=1S/C31H28ClN7O3/c1-19-12-14-33-26(17-19)36-30(40)20-6-10-24(11-7-20)42-25-13-15-34-28-27(25)29(38-37-28)35-23-3-2-16-39(18-23)31(41)21-4-8-22(32)9-5-21/h4-15,17,23H,2-3,16,18H2,1H3,(H,33,36,40)(H2,34,35,37,38)/t23-/m1/s1. The van der Waals surface area contributed by atoms with E-state index in [2.05, 4.69) is 30.8 Å². The molecule has 2 amide bonds. The molecule has 0 radical (unpaired) electrons. The number of amides is 2. The van der Waals surface area contributed by atoms with Gasteiger partial charge < -0.3 is 20.3 Å². The van der Waals surface area contributed by atoms with Gasteiger partial charge in [0.25, 0.3) is 11.8 Å². The summed E-state index contributed by atoms with van der Waals surface area (Å²) in [7, 11) is 0. The minimum atomic E-state index is -0.261. The van der Waals surface area contributed by atoms with Crippen LogP contribution in [0.4, 0.5) is 11.6 Å². The van der Waals surface area contributed by atoms with Gasteiger partial charge in [-0.2, -0.15) is 5.10 Å². The zero-order valence-corrected chi connectivity index (χ0v) is 23.6. The van der Waals surface area contributed by atoms with Crippen LogP contribution < -0.4 is 15.4 Å². The van der Waals surface area contributed by atoms with Crippen molar-refractivity contribution in [2.24, 2.45) is 0 Å². The Hall–Kier alpha value is -4.96. The highest BCUT2D eigenvalue weighted by Crippen LogP contribution is 2.34. The third kappa shape index (κ3) is 6.03. The van der Waals surface area contributed by atoms with E-state index in [4.69, 9.17) is 16.3 Å². The van der Waals surface area contributed by atoms with Gasteiger partial charge in [-0.15, -0.1) is 0 Å². The molecule has 11 heteroatoms. The first kappa shape index (κ1) is 27.2. The molecule has 1 fully saturated rings. The number of rotatable bonds is 7. The molecule has 1 atom stereocenters. The van der Waals surface area contributed by atoms with Crippen LogP contribution in [0.25, 0.3) is 11.0 Å². The van der Waals surface area contributed by atoms with Crippen molar-refractivity contribution in [2.75, 3.05) is 23.7 Å². The van der Waals surface area contributed by atoms with Gasteiger partial charge in [0, 0.05) is 53.7 Å². The van der Waals surface area contributed by atoms with Crippen molar-refractivity contribution in [3.63, 3.8) is 0 Å². The average Bonchev–Trinajstić information content (AvgIpc) is 3.41. The maximum atomic E-state index is 13.1. The highest BCUT2D eigenvalue weighted by molar-refractivity contribution is 6.30. The Kier molecular flexibility index (Phi) is 7.70. The second kappa shape index (κ2) is 11.9. The fourth-order valence-corrected chi connectivity index (χ4v) is 5.08. The third-order valence-corrected chi connectivity index (χ3v) is 7.32. The number of hydrogen-bond acceptors (Lipinski definition) is 7. The van der Waals surface area contributed by atoms with Crippen LogP contribution >= 0.6 is 11.6 Å². The number of ether oxygens (including phenoxy) is 1. The minimum absolute atomic E-state index is 0.00440. The molecule has 0 saturated carbocycles. The largest absolute Gasteiger partial charge is 0.456 e. The third-order valence-electron chi connectivity index (χ3n) is 7.07. The van der Waals surface area contributed by atoms with Gasteiger partial charge >= 0.3 is 0 Å². The lowest BCUT2D eigenvalue weighted by molar-refractivity contribution is 0.0714. The molecule has 6 rings (SSSR count). The second-order valence-corrected chi connectivity index (χ2v) is 10.6. The Morgan fingerprint density at radius 2 is 1.76 bits per heavy atom. The van der Waals surface area contributed by atoms with Crippen molar-refractivity contribution in [1.29, 1.82) is 0 Å². The number of benzene rings is 2. The Morgan fingerprint density at radius 1 is 1.00 bits per heavy atom. The number of hydrogen-bond donors (Lipinski definition) is 3. The number of piperidine rings is 1. The Labute approximate surface area is 247 Å². The summed E-state index contributed by atoms with van der Waals surface area (Å²) >= 11 is 5.99. The molecule has 1 aliphatic rings. The van der Waals surface area contributed by atoms with E-state index in [9.17, 15) is 9.59 Å². The van der Waals surface area contributed by atoms with E-state index in [1.54, 1.807) is 67.0 Å². The molecule has 212 valence electrons. The minimum Gasteiger partial charge on any atom is -0.456 e. The van der Waals surface area contributed by atoms with E-state index in [0.29, 0.717) is 63.4 Å². The number of likely N-dealkylation sites (tertiary alicyclic amines) is 1. The van der Waals surface area contributed by atoms with Crippen LogP contribution in [-0.2, 0) is 0 Å². The lowest BCUT2D eigenvalue weighted by Crippen LogP contribution is -2.45. The molecule has 5 aromatic rings. The van der Waals surface area contributed by atoms with Crippen LogP contribution in [0.2, 0.25) is 5.02 Å². The smallest absolute Gasteiger partial charge is 0.256 e. The molecule has 4 heterocycles. The van der Waals surface area contributed by atoms with Gasteiger partial charge in [0.15, 0.2) is 11.5 Å². The van der Waals surface area contributed by atoms with Crippen molar-refractivity contribution < 1.29 is 14.3 Å². The predicted molar refractivity (Wildman–Crippen MR) is 161 cm³/mol. The number of fused-ring (bicyclic) bond motifs is 1. The van der Waals surface area contributed by atoms with Gasteiger partial charge in [0.1, 0.15) is 22.7 Å². The number of aromatic amines is 1. The SMILES string of the molecule is Cc1ccnc(NC(=O)c2ccc(Oc3ccnc4[nH]nc(N[C@@H]5CCCN(C(=O)c6ccc(Cl)cc6)C5)c34)cc2)c1. The summed E-state index contributed by atoms with van der Waals surface area (Å²) in [5.74, 6) is 1.92. The zero-order chi connectivity index (χ0) is 29.1. The number of nitrogens with zero attached hydrogens (tertiary/aromatic N) is 4. The Morgan fingerprint density at radius 3 is 2.55 bits per heavy atom. The van der Waals surface area contributed by atoms with E-state index in [0.717, 1.165) is 18.4 Å². The molecule has 3 N–H and O–H groups in total. The van der Waals surface area contributed by atoms with E-state index in [1.165, 1.54) is 0 Å². The Balaban J connectivity index is 1.15. The number of H-pyrrole nitrogens is 1. The lowest BCUT2D eigenvalue weighted by atomic mass is 10.0. The summed E-state index contributed by atoms with van der Waals surface area (Å²) in [6.45, 7) is 3.16. The second-order valence-electron chi connectivity index (χ2n) is 10.1. The van der Waals surface area contributed by atoms with E-state index in [1.807, 2.05) is 24.0 Å². The van der Waals surface area contributed by atoms with Crippen LogP contribution in [-0.4, -0.2) is 56.0 Å². The number of nitrogens with one attached hydrogen (secondary N) is 3. The van der Waals surface area contributed by atoms with Crippen LogP contribution in [0.1, 0.15) is 39.1 Å². The summed E-state index contributed by atoms with van der Waals surface area (Å²) in [5.41, 5.74) is 2.67. The fraction of sp³-hybridized carbons (Fsp3) is 0.194. The van der Waals surface area contributed by atoms with Crippen LogP contribution in [0.15, 0.2) is 79.1 Å². The number of pyridine rings is 2. The molecular weight excluding hydrogens is 554 g/mol. The number of anilines is 2. The number of carbonyl (C=O) groups is 2. The summed E-state index contributed by atoms with van der Waals surface area (Å²) in [6.07, 6.45) is 5.04. The highest BCUT2D eigenvalue weighted by Gasteiger charge is 2.26. The van der Waals surface area contributed by atoms with Crippen LogP contribution in [0.3, 0.4) is 0 Å². The Bertz CT molecular complexity index is 1740. The van der Waals surface area contributed by atoms with Gasteiger partial charge in [-0.3, -0.25) is 14.7 Å². The molecule has 2 aromatic carbocycles. The first-order valence-corrected chi connectivity index (χ1v) is 14.0. The monoisotopic (exact) mass is 581 g/mol. The molecule has 10 nitrogen and oxygen atoms in total. The number of aromatic nitrogens is 4. The van der Waals surface area contributed by atoms with Crippen LogP contribution in [0.5, 0.6) is 11.5 Å². The van der Waals surface area contributed by atoms with Gasteiger partial charge in [0.05, 0.1) is 0 Å². The predicted octanol–water partition coefficient (Wildman–Crippen LogP) is 6.08. The van der Waals surface area contributed by atoms with Gasteiger partial charge in [0.2, 0.25) is 0 Å². The molecule has 3 aromatic heterocycles. The van der Waals surface area contributed by atoms with Crippen molar-refractivity contribution in [3.8, 4) is 11.5 Å². The number of carbonyl (C=O) groups excluding carboxylic acids is 2. The molecule has 0 spiro atoms. The molecule has 0 aliphatic carbocycles. The lowest BCUT2D eigenvalue weighted by Gasteiger charge is -2.33. The first-order valence-electron chi connectivity index (χ1n) is 13.6. The maximum Gasteiger partial charge on any atom is 0.256 e. The topological polar surface area (TPSA) is 125 Å². The average molecular weight is 582 g/mol. The van der Waals surface area contributed by atoms with E-state index >= 15 is 0 Å².